The van der Waals surface area contributed by atoms with E-state index in [1.807, 2.05) is 6.26 Å². The zero-order chi connectivity index (χ0) is 21.6. The number of nitrogens with one attached hydrogen (secondary N) is 1. The maximum atomic E-state index is 12.6. The fourth-order valence-electron chi connectivity index (χ4n) is 4.05. The smallest absolute Gasteiger partial charge is 0.328 e. The van der Waals surface area contributed by atoms with Gasteiger partial charge in [-0.3, -0.25) is 9.59 Å². The minimum atomic E-state index is -0.700. The van der Waals surface area contributed by atoms with Gasteiger partial charge >= 0.3 is 5.97 Å². The van der Waals surface area contributed by atoms with Gasteiger partial charge in [0.1, 0.15) is 23.1 Å². The van der Waals surface area contributed by atoms with Gasteiger partial charge in [0.2, 0.25) is 0 Å². The second kappa shape index (κ2) is 10.2. The molecule has 0 aromatic heterocycles. The minimum absolute atomic E-state index is 0.0946. The highest BCUT2D eigenvalue weighted by Gasteiger charge is 2.41. The summed E-state index contributed by atoms with van der Waals surface area (Å²) in [6, 6.07) is 4.34. The van der Waals surface area contributed by atoms with Gasteiger partial charge in [0, 0.05) is 6.07 Å². The average Bonchev–Trinajstić information content (AvgIpc) is 2.74. The molecule has 1 aliphatic heterocycles. The van der Waals surface area contributed by atoms with Crippen LogP contribution in [-0.2, 0) is 14.3 Å². The van der Waals surface area contributed by atoms with Gasteiger partial charge in [-0.25, -0.2) is 4.79 Å². The Morgan fingerprint density at radius 1 is 1.27 bits per heavy atom. The Morgan fingerprint density at radius 3 is 2.73 bits per heavy atom. The molecule has 8 heteroatoms. The van der Waals surface area contributed by atoms with Crippen molar-refractivity contribution >= 4 is 29.4 Å². The number of methoxy groups -OCH3 is 1. The van der Waals surface area contributed by atoms with E-state index in [-0.39, 0.29) is 12.4 Å². The Morgan fingerprint density at radius 2 is 2.03 bits per heavy atom. The number of ketones is 1. The van der Waals surface area contributed by atoms with Crippen LogP contribution in [-0.4, -0.2) is 55.0 Å². The number of esters is 1. The van der Waals surface area contributed by atoms with E-state index < -0.39 is 23.5 Å². The lowest BCUT2D eigenvalue weighted by molar-refractivity contribution is -0.145. The van der Waals surface area contributed by atoms with Crippen LogP contribution in [0.25, 0.3) is 0 Å². The molecule has 1 aliphatic carbocycles. The van der Waals surface area contributed by atoms with Crippen molar-refractivity contribution in [3.63, 3.8) is 0 Å². The normalized spacial score (nSPS) is 18.1. The van der Waals surface area contributed by atoms with Crippen LogP contribution >= 0.6 is 11.8 Å². The number of carbonyl (C=O) groups is 3. The molecule has 3 rings (SSSR count). The summed E-state index contributed by atoms with van der Waals surface area (Å²) in [5.74, 6) is 0.901. The summed E-state index contributed by atoms with van der Waals surface area (Å²) in [6.45, 7) is -0.245. The molecule has 1 fully saturated rings. The quantitative estimate of drug-likeness (QED) is 0.627. The van der Waals surface area contributed by atoms with Crippen LogP contribution in [0, 0.1) is 0 Å². The molecule has 1 aromatic carbocycles. The molecule has 1 saturated carbocycles. The summed E-state index contributed by atoms with van der Waals surface area (Å²) >= 11 is 1.59. The van der Waals surface area contributed by atoms with E-state index in [0.717, 1.165) is 31.4 Å². The third-order valence-corrected chi connectivity index (χ3v) is 6.27. The first-order valence-corrected chi connectivity index (χ1v) is 11.7. The SMILES string of the molecule is COC(=O)C(CCSC)NC(=O)COc1ccc2c(c1)OC1(CCCCC1)CC2=O. The molecular formula is C22H29NO6S. The molecule has 30 heavy (non-hydrogen) atoms. The van der Waals surface area contributed by atoms with Crippen molar-refractivity contribution in [2.24, 2.45) is 0 Å². The Labute approximate surface area is 181 Å². The van der Waals surface area contributed by atoms with Crippen molar-refractivity contribution < 1.29 is 28.6 Å². The Bertz CT molecular complexity index is 790. The Balaban J connectivity index is 1.61. The molecule has 7 nitrogen and oxygen atoms in total. The van der Waals surface area contributed by atoms with Gasteiger partial charge in [-0.1, -0.05) is 6.42 Å². The summed E-state index contributed by atoms with van der Waals surface area (Å²) in [6.07, 6.45) is 7.92. The first-order chi connectivity index (χ1) is 14.5. The molecule has 1 atom stereocenters. The van der Waals surface area contributed by atoms with Crippen LogP contribution < -0.4 is 14.8 Å². The number of carbonyl (C=O) groups excluding carboxylic acids is 3. The first-order valence-electron chi connectivity index (χ1n) is 10.3. The fraction of sp³-hybridized carbons (Fsp3) is 0.591. The molecular weight excluding hydrogens is 406 g/mol. The van der Waals surface area contributed by atoms with Gasteiger partial charge in [0.25, 0.3) is 5.91 Å². The lowest BCUT2D eigenvalue weighted by Gasteiger charge is -2.40. The van der Waals surface area contributed by atoms with Crippen LogP contribution in [0.4, 0.5) is 0 Å². The standard InChI is InChI=1S/C22H29NO6S/c1-27-21(26)17(8-11-30-2)23-20(25)14-28-15-6-7-16-18(24)13-22(29-19(16)12-15)9-4-3-5-10-22/h6-7,12,17H,3-5,8-11,13-14H2,1-2H3,(H,23,25). The highest BCUT2D eigenvalue weighted by molar-refractivity contribution is 7.98. The van der Waals surface area contributed by atoms with Crippen molar-refractivity contribution in [3.8, 4) is 11.5 Å². The van der Waals surface area contributed by atoms with Gasteiger partial charge in [-0.05, 0) is 56.2 Å². The Hall–Kier alpha value is -2.22. The highest BCUT2D eigenvalue weighted by atomic mass is 32.2. The molecule has 0 saturated heterocycles. The molecule has 1 unspecified atom stereocenters. The van der Waals surface area contributed by atoms with E-state index >= 15 is 0 Å². The van der Waals surface area contributed by atoms with Crippen LogP contribution in [0.5, 0.6) is 11.5 Å². The number of thioether (sulfide) groups is 1. The molecule has 1 aromatic rings. The van der Waals surface area contributed by atoms with E-state index in [0.29, 0.717) is 29.9 Å². The van der Waals surface area contributed by atoms with Crippen molar-refractivity contribution in [3.05, 3.63) is 23.8 Å². The molecule has 0 radical (unpaired) electrons. The van der Waals surface area contributed by atoms with E-state index in [2.05, 4.69) is 5.32 Å². The van der Waals surface area contributed by atoms with Crippen LogP contribution in [0.2, 0.25) is 0 Å². The summed E-state index contributed by atoms with van der Waals surface area (Å²) < 4.78 is 16.6. The number of amides is 1. The van der Waals surface area contributed by atoms with Crippen LogP contribution in [0.1, 0.15) is 55.3 Å². The first kappa shape index (κ1) is 22.5. The van der Waals surface area contributed by atoms with Gasteiger partial charge in [0.05, 0.1) is 19.1 Å². The number of ether oxygens (including phenoxy) is 3. The summed E-state index contributed by atoms with van der Waals surface area (Å²) in [4.78, 5) is 36.7. The zero-order valence-corrected chi connectivity index (χ0v) is 18.3. The molecule has 164 valence electrons. The lowest BCUT2D eigenvalue weighted by Crippen LogP contribution is -2.44. The minimum Gasteiger partial charge on any atom is -0.486 e. The van der Waals surface area contributed by atoms with E-state index in [9.17, 15) is 14.4 Å². The van der Waals surface area contributed by atoms with Crippen LogP contribution in [0.15, 0.2) is 18.2 Å². The van der Waals surface area contributed by atoms with E-state index in [1.54, 1.807) is 30.0 Å². The number of hydrogen-bond acceptors (Lipinski definition) is 7. The number of benzene rings is 1. The molecule has 2 aliphatic rings. The molecule has 1 amide bonds. The van der Waals surface area contributed by atoms with Crippen LogP contribution in [0.3, 0.4) is 0 Å². The summed E-state index contributed by atoms with van der Waals surface area (Å²) in [7, 11) is 1.30. The van der Waals surface area contributed by atoms with Gasteiger partial charge in [-0.15, -0.1) is 0 Å². The molecule has 1 spiro atoms. The summed E-state index contributed by atoms with van der Waals surface area (Å²) in [5, 5.41) is 2.65. The topological polar surface area (TPSA) is 90.9 Å². The van der Waals surface area contributed by atoms with Gasteiger partial charge in [0.15, 0.2) is 12.4 Å². The van der Waals surface area contributed by atoms with Crippen molar-refractivity contribution in [1.82, 2.24) is 5.32 Å². The van der Waals surface area contributed by atoms with E-state index in [1.165, 1.54) is 13.5 Å². The Kier molecular flexibility index (Phi) is 7.64. The maximum Gasteiger partial charge on any atom is 0.328 e. The number of hydrogen-bond donors (Lipinski definition) is 1. The van der Waals surface area contributed by atoms with E-state index in [4.69, 9.17) is 14.2 Å². The average molecular weight is 436 g/mol. The van der Waals surface area contributed by atoms with Crippen molar-refractivity contribution in [1.29, 1.82) is 0 Å². The third kappa shape index (κ3) is 5.47. The fourth-order valence-corrected chi connectivity index (χ4v) is 4.52. The van der Waals surface area contributed by atoms with Crippen molar-refractivity contribution in [2.45, 2.75) is 56.6 Å². The number of rotatable bonds is 8. The second-order valence-electron chi connectivity index (χ2n) is 7.82. The lowest BCUT2D eigenvalue weighted by atomic mass is 9.78. The zero-order valence-electron chi connectivity index (χ0n) is 17.5. The molecule has 1 N–H and O–H groups in total. The number of fused-ring (bicyclic) bond motifs is 1. The monoisotopic (exact) mass is 435 g/mol. The molecule has 1 heterocycles. The van der Waals surface area contributed by atoms with Crippen molar-refractivity contribution in [2.75, 3.05) is 25.7 Å². The highest BCUT2D eigenvalue weighted by Crippen LogP contribution is 2.42. The maximum absolute atomic E-state index is 12.6. The van der Waals surface area contributed by atoms with Gasteiger partial charge < -0.3 is 19.5 Å². The third-order valence-electron chi connectivity index (χ3n) is 5.63. The van der Waals surface area contributed by atoms with Gasteiger partial charge in [-0.2, -0.15) is 11.8 Å². The predicted molar refractivity (Wildman–Crippen MR) is 114 cm³/mol. The molecule has 0 bridgehead atoms. The summed E-state index contributed by atoms with van der Waals surface area (Å²) in [5.41, 5.74) is 0.161. The predicted octanol–water partition coefficient (Wildman–Crippen LogP) is 3.14. The largest absolute Gasteiger partial charge is 0.486 e. The number of Topliss-reactive ketones (excluding diaryl/α,β-unsaturated/α-hetero) is 1. The second-order valence-corrected chi connectivity index (χ2v) is 8.80.